The standard InChI is InChI=1S/C28H28FN7O3/c1-34-25-24(26(38)36(28(34)39)16-23(37)17-9-6-10-20(29)13-17)35(15-19-8-3-2-7-18(19)14-30)27(33-25)32-22-12-5-4-11-21(22)31/h2-3,6-10,13,21-22H,4-5,11-12,15-16,31H2,1H3,(H,32,33)/t21-,22-/m0/s1. The fourth-order valence-electron chi connectivity index (χ4n) is 5.11. The van der Waals surface area contributed by atoms with Gasteiger partial charge in [0, 0.05) is 24.7 Å². The molecule has 2 heterocycles. The summed E-state index contributed by atoms with van der Waals surface area (Å²) in [5.41, 5.74) is 6.33. The lowest BCUT2D eigenvalue weighted by molar-refractivity contribution is 0.0968. The number of hydrogen-bond acceptors (Lipinski definition) is 7. The zero-order chi connectivity index (χ0) is 27.7. The highest BCUT2D eigenvalue weighted by Gasteiger charge is 2.27. The molecule has 11 heteroatoms. The lowest BCUT2D eigenvalue weighted by atomic mass is 9.91. The van der Waals surface area contributed by atoms with Crippen molar-refractivity contribution in [3.63, 3.8) is 0 Å². The van der Waals surface area contributed by atoms with Crippen molar-refractivity contribution in [2.75, 3.05) is 5.32 Å². The lowest BCUT2D eigenvalue weighted by Crippen LogP contribution is -2.43. The Balaban J connectivity index is 1.67. The highest BCUT2D eigenvalue weighted by Crippen LogP contribution is 2.24. The van der Waals surface area contributed by atoms with Crippen molar-refractivity contribution in [2.45, 2.75) is 50.9 Å². The van der Waals surface area contributed by atoms with Crippen LogP contribution in [0.3, 0.4) is 0 Å². The molecule has 1 fully saturated rings. The number of Topliss-reactive ketones (excluding diaryl/α,β-unsaturated/α-hetero) is 1. The SMILES string of the molecule is Cn1c(=O)n(CC(=O)c2cccc(F)c2)c(=O)c2c1nc(N[C@H]1CCCC[C@@H]1N)n2Cc1ccccc1C#N. The first-order valence-electron chi connectivity index (χ1n) is 12.8. The zero-order valence-electron chi connectivity index (χ0n) is 21.4. The number of benzene rings is 2. The Morgan fingerprint density at radius 2 is 1.92 bits per heavy atom. The van der Waals surface area contributed by atoms with Crippen LogP contribution in [0.2, 0.25) is 0 Å². The molecule has 3 N–H and O–H groups in total. The summed E-state index contributed by atoms with van der Waals surface area (Å²) in [6, 6.07) is 14.1. The number of nitrogens with zero attached hydrogens (tertiary/aromatic N) is 5. The van der Waals surface area contributed by atoms with E-state index in [1.807, 2.05) is 0 Å². The molecule has 4 aromatic rings. The third kappa shape index (κ3) is 4.98. The summed E-state index contributed by atoms with van der Waals surface area (Å²) in [7, 11) is 1.48. The molecule has 0 unspecified atom stereocenters. The van der Waals surface area contributed by atoms with Crippen LogP contribution >= 0.6 is 0 Å². The molecule has 1 aliphatic rings. The number of halogens is 1. The van der Waals surface area contributed by atoms with Crippen LogP contribution in [0.15, 0.2) is 58.1 Å². The molecule has 0 spiro atoms. The second kappa shape index (κ2) is 10.7. The van der Waals surface area contributed by atoms with E-state index in [1.165, 1.54) is 29.8 Å². The normalized spacial score (nSPS) is 17.2. The highest BCUT2D eigenvalue weighted by atomic mass is 19.1. The first-order chi connectivity index (χ1) is 18.8. The monoisotopic (exact) mass is 529 g/mol. The molecule has 1 aliphatic carbocycles. The molecule has 0 saturated heterocycles. The van der Waals surface area contributed by atoms with Gasteiger partial charge in [-0.1, -0.05) is 43.2 Å². The first-order valence-corrected chi connectivity index (χ1v) is 12.8. The van der Waals surface area contributed by atoms with Gasteiger partial charge in [0.2, 0.25) is 5.95 Å². The molecule has 0 bridgehead atoms. The molecule has 2 aromatic carbocycles. The molecule has 5 rings (SSSR count). The van der Waals surface area contributed by atoms with Gasteiger partial charge in [-0.3, -0.25) is 23.3 Å². The molecular weight excluding hydrogens is 501 g/mol. The molecule has 2 atom stereocenters. The van der Waals surface area contributed by atoms with Gasteiger partial charge in [0.1, 0.15) is 5.82 Å². The van der Waals surface area contributed by atoms with Crippen LogP contribution in [0, 0.1) is 17.1 Å². The number of fused-ring (bicyclic) bond motifs is 1. The minimum Gasteiger partial charge on any atom is -0.351 e. The Kier molecular flexibility index (Phi) is 7.13. The van der Waals surface area contributed by atoms with Crippen molar-refractivity contribution < 1.29 is 9.18 Å². The summed E-state index contributed by atoms with van der Waals surface area (Å²) < 4.78 is 17.4. The average molecular weight is 530 g/mol. The van der Waals surface area contributed by atoms with Gasteiger partial charge < -0.3 is 11.1 Å². The lowest BCUT2D eigenvalue weighted by Gasteiger charge is -2.29. The average Bonchev–Trinajstić information content (AvgIpc) is 3.29. The fraction of sp³-hybridized carbons (Fsp3) is 0.321. The van der Waals surface area contributed by atoms with E-state index in [9.17, 15) is 24.0 Å². The molecular formula is C28H28FN7O3. The molecule has 0 amide bonds. The maximum Gasteiger partial charge on any atom is 0.332 e. The number of anilines is 1. The number of carbonyl (C=O) groups is 1. The molecule has 0 aliphatic heterocycles. The number of carbonyl (C=O) groups excluding carboxylic acids is 1. The summed E-state index contributed by atoms with van der Waals surface area (Å²) in [6.45, 7) is -0.447. The maximum atomic E-state index is 13.8. The van der Waals surface area contributed by atoms with Gasteiger partial charge in [-0.2, -0.15) is 10.2 Å². The quantitative estimate of drug-likeness (QED) is 0.351. The third-order valence-electron chi connectivity index (χ3n) is 7.28. The van der Waals surface area contributed by atoms with E-state index in [2.05, 4.69) is 16.4 Å². The van der Waals surface area contributed by atoms with E-state index < -0.39 is 29.4 Å². The Bertz CT molecular complexity index is 1730. The van der Waals surface area contributed by atoms with Gasteiger partial charge in [-0.05, 0) is 36.6 Å². The van der Waals surface area contributed by atoms with Crippen LogP contribution in [-0.4, -0.2) is 36.6 Å². The topological polar surface area (TPSA) is 141 Å². The summed E-state index contributed by atoms with van der Waals surface area (Å²) in [4.78, 5) is 44.6. The smallest absolute Gasteiger partial charge is 0.332 e. The summed E-state index contributed by atoms with van der Waals surface area (Å²) in [5.74, 6) is -0.829. The maximum absolute atomic E-state index is 13.8. The number of ketones is 1. The summed E-state index contributed by atoms with van der Waals surface area (Å²) in [5, 5.41) is 13.0. The molecule has 2 aromatic heterocycles. The van der Waals surface area contributed by atoms with Crippen molar-refractivity contribution in [1.29, 1.82) is 5.26 Å². The van der Waals surface area contributed by atoms with E-state index in [4.69, 9.17) is 5.73 Å². The number of aromatic nitrogens is 4. The van der Waals surface area contributed by atoms with E-state index in [0.29, 0.717) is 17.1 Å². The number of nitrogens with two attached hydrogens (primary N) is 1. The van der Waals surface area contributed by atoms with Crippen LogP contribution < -0.4 is 22.3 Å². The zero-order valence-corrected chi connectivity index (χ0v) is 21.4. The first kappa shape index (κ1) is 26.1. The Morgan fingerprint density at radius 3 is 2.67 bits per heavy atom. The number of rotatable bonds is 7. The van der Waals surface area contributed by atoms with E-state index in [-0.39, 0.29) is 35.4 Å². The molecule has 39 heavy (non-hydrogen) atoms. The second-order valence-corrected chi connectivity index (χ2v) is 9.83. The van der Waals surface area contributed by atoms with Crippen LogP contribution in [0.1, 0.15) is 47.2 Å². The number of nitrogens with one attached hydrogen (secondary N) is 1. The number of nitriles is 1. The highest BCUT2D eigenvalue weighted by molar-refractivity contribution is 5.96. The van der Waals surface area contributed by atoms with Gasteiger partial charge in [0.25, 0.3) is 5.56 Å². The van der Waals surface area contributed by atoms with Crippen molar-refractivity contribution in [2.24, 2.45) is 12.8 Å². The minimum absolute atomic E-state index is 0.0501. The van der Waals surface area contributed by atoms with Crippen molar-refractivity contribution in [3.05, 3.63) is 91.9 Å². The number of aryl methyl sites for hydroxylation is 1. The third-order valence-corrected chi connectivity index (χ3v) is 7.28. The molecule has 200 valence electrons. The Hall–Kier alpha value is -4.56. The van der Waals surface area contributed by atoms with Gasteiger partial charge in [-0.25, -0.2) is 9.18 Å². The summed E-state index contributed by atoms with van der Waals surface area (Å²) >= 11 is 0. The van der Waals surface area contributed by atoms with Gasteiger partial charge >= 0.3 is 5.69 Å². The minimum atomic E-state index is -0.722. The molecule has 0 radical (unpaired) electrons. The predicted molar refractivity (Wildman–Crippen MR) is 144 cm³/mol. The van der Waals surface area contributed by atoms with Crippen molar-refractivity contribution in [1.82, 2.24) is 18.7 Å². The van der Waals surface area contributed by atoms with Crippen molar-refractivity contribution in [3.8, 4) is 6.07 Å². The van der Waals surface area contributed by atoms with Crippen molar-refractivity contribution >= 4 is 22.9 Å². The second-order valence-electron chi connectivity index (χ2n) is 9.83. The number of imidazole rings is 1. The molecule has 10 nitrogen and oxygen atoms in total. The van der Waals surface area contributed by atoms with E-state index >= 15 is 0 Å². The van der Waals surface area contributed by atoms with Crippen LogP contribution in [0.5, 0.6) is 0 Å². The predicted octanol–water partition coefficient (Wildman–Crippen LogP) is 2.52. The molecule has 1 saturated carbocycles. The van der Waals surface area contributed by atoms with Crippen LogP contribution in [-0.2, 0) is 20.1 Å². The Labute approximate surface area is 223 Å². The fourth-order valence-corrected chi connectivity index (χ4v) is 5.11. The van der Waals surface area contributed by atoms with Gasteiger partial charge in [-0.15, -0.1) is 0 Å². The van der Waals surface area contributed by atoms with E-state index in [1.54, 1.807) is 28.8 Å². The van der Waals surface area contributed by atoms with Crippen LogP contribution in [0.25, 0.3) is 11.2 Å². The van der Waals surface area contributed by atoms with E-state index in [0.717, 1.165) is 36.3 Å². The number of hydrogen-bond donors (Lipinski definition) is 2. The largest absolute Gasteiger partial charge is 0.351 e. The Morgan fingerprint density at radius 1 is 1.15 bits per heavy atom. The summed E-state index contributed by atoms with van der Waals surface area (Å²) in [6.07, 6.45) is 3.70. The van der Waals surface area contributed by atoms with Crippen LogP contribution in [0.4, 0.5) is 10.3 Å². The van der Waals surface area contributed by atoms with Gasteiger partial charge in [0.05, 0.1) is 24.7 Å². The van der Waals surface area contributed by atoms with Gasteiger partial charge in [0.15, 0.2) is 16.9 Å².